The van der Waals surface area contributed by atoms with E-state index in [1.165, 1.54) is 0 Å². The van der Waals surface area contributed by atoms with E-state index in [1.54, 1.807) is 7.11 Å². The fourth-order valence-corrected chi connectivity index (χ4v) is 2.21. The number of piperazine rings is 1. The van der Waals surface area contributed by atoms with Crippen LogP contribution < -0.4 is 5.32 Å². The molecule has 112 valence electrons. The minimum atomic E-state index is -0.198. The quantitative estimate of drug-likeness (QED) is 0.848. The molecule has 2 rings (SSSR count). The van der Waals surface area contributed by atoms with Crippen molar-refractivity contribution < 1.29 is 14.1 Å². The van der Waals surface area contributed by atoms with Gasteiger partial charge in [-0.05, 0) is 13.8 Å². The highest BCUT2D eigenvalue weighted by atomic mass is 16.5. The molecule has 7 heteroatoms. The molecule has 1 amide bonds. The fraction of sp³-hybridized carbons (Fsp3) is 0.769. The van der Waals surface area contributed by atoms with E-state index in [-0.39, 0.29) is 18.1 Å². The summed E-state index contributed by atoms with van der Waals surface area (Å²) in [6.07, 6.45) is 0.670. The zero-order valence-electron chi connectivity index (χ0n) is 12.3. The number of rotatable bonds is 5. The van der Waals surface area contributed by atoms with Crippen LogP contribution >= 0.6 is 0 Å². The van der Waals surface area contributed by atoms with E-state index in [2.05, 4.69) is 22.4 Å². The first-order valence-electron chi connectivity index (χ1n) is 6.97. The summed E-state index contributed by atoms with van der Waals surface area (Å²) in [5, 5.41) is 7.11. The van der Waals surface area contributed by atoms with E-state index in [9.17, 15) is 4.79 Å². The van der Waals surface area contributed by atoms with Crippen LogP contribution in [-0.2, 0) is 16.0 Å². The lowest BCUT2D eigenvalue weighted by Gasteiger charge is -2.34. The Hall–Kier alpha value is -1.47. The Morgan fingerprint density at radius 3 is 3.15 bits per heavy atom. The van der Waals surface area contributed by atoms with Crippen LogP contribution in [0.15, 0.2) is 4.52 Å². The van der Waals surface area contributed by atoms with E-state index in [1.807, 2.05) is 11.8 Å². The van der Waals surface area contributed by atoms with Gasteiger partial charge < -0.3 is 19.5 Å². The van der Waals surface area contributed by atoms with Gasteiger partial charge in [0.15, 0.2) is 5.82 Å². The molecule has 0 spiro atoms. The van der Waals surface area contributed by atoms with Crippen LogP contribution in [0.5, 0.6) is 0 Å². The van der Waals surface area contributed by atoms with Crippen molar-refractivity contribution in [2.75, 3.05) is 26.7 Å². The SMILES string of the molecule is COC(C)c1noc(CCC(=O)N2CCNC[C@H]2C)n1. The molecule has 1 fully saturated rings. The van der Waals surface area contributed by atoms with Crippen LogP contribution in [0.25, 0.3) is 0 Å². The highest BCUT2D eigenvalue weighted by Gasteiger charge is 2.23. The monoisotopic (exact) mass is 282 g/mol. The molecule has 0 saturated carbocycles. The van der Waals surface area contributed by atoms with Gasteiger partial charge in [-0.25, -0.2) is 0 Å². The van der Waals surface area contributed by atoms with E-state index in [4.69, 9.17) is 9.26 Å². The molecule has 1 saturated heterocycles. The lowest BCUT2D eigenvalue weighted by atomic mass is 10.2. The van der Waals surface area contributed by atoms with Crippen molar-refractivity contribution in [3.05, 3.63) is 11.7 Å². The van der Waals surface area contributed by atoms with Crippen molar-refractivity contribution in [2.45, 2.75) is 38.8 Å². The third kappa shape index (κ3) is 3.55. The van der Waals surface area contributed by atoms with Crippen LogP contribution in [0.1, 0.15) is 38.1 Å². The number of methoxy groups -OCH3 is 1. The number of nitrogens with zero attached hydrogens (tertiary/aromatic N) is 3. The predicted molar refractivity (Wildman–Crippen MR) is 72.1 cm³/mol. The average Bonchev–Trinajstić information content (AvgIpc) is 2.93. The molecule has 0 radical (unpaired) electrons. The van der Waals surface area contributed by atoms with Crippen molar-refractivity contribution in [3.8, 4) is 0 Å². The Labute approximate surface area is 118 Å². The first-order valence-corrected chi connectivity index (χ1v) is 6.97. The summed E-state index contributed by atoms with van der Waals surface area (Å²) in [4.78, 5) is 18.3. The minimum absolute atomic E-state index is 0.138. The number of aromatic nitrogens is 2. The number of amides is 1. The highest BCUT2D eigenvalue weighted by Crippen LogP contribution is 2.13. The Morgan fingerprint density at radius 1 is 1.65 bits per heavy atom. The Balaban J connectivity index is 1.85. The second kappa shape index (κ2) is 6.81. The summed E-state index contributed by atoms with van der Waals surface area (Å²) in [5.74, 6) is 1.14. The molecule has 2 heterocycles. The van der Waals surface area contributed by atoms with E-state index < -0.39 is 0 Å². The van der Waals surface area contributed by atoms with Gasteiger partial charge in [0.05, 0.1) is 0 Å². The highest BCUT2D eigenvalue weighted by molar-refractivity contribution is 5.76. The van der Waals surface area contributed by atoms with Crippen LogP contribution in [-0.4, -0.2) is 53.7 Å². The second-order valence-electron chi connectivity index (χ2n) is 5.06. The summed E-state index contributed by atoms with van der Waals surface area (Å²) >= 11 is 0. The van der Waals surface area contributed by atoms with Crippen LogP contribution in [0.4, 0.5) is 0 Å². The fourth-order valence-electron chi connectivity index (χ4n) is 2.21. The Morgan fingerprint density at radius 2 is 2.45 bits per heavy atom. The van der Waals surface area contributed by atoms with Crippen LogP contribution in [0.3, 0.4) is 0 Å². The van der Waals surface area contributed by atoms with Gasteiger partial charge in [0.2, 0.25) is 11.8 Å². The molecule has 1 aromatic rings. The molecule has 7 nitrogen and oxygen atoms in total. The number of hydrogen-bond donors (Lipinski definition) is 1. The van der Waals surface area contributed by atoms with Gasteiger partial charge in [0.25, 0.3) is 0 Å². The molecule has 1 aromatic heterocycles. The number of hydrogen-bond acceptors (Lipinski definition) is 6. The smallest absolute Gasteiger partial charge is 0.227 e. The van der Waals surface area contributed by atoms with Crippen LogP contribution in [0, 0.1) is 0 Å². The van der Waals surface area contributed by atoms with Crippen molar-refractivity contribution in [1.29, 1.82) is 0 Å². The van der Waals surface area contributed by atoms with Gasteiger partial charge in [0, 0.05) is 45.6 Å². The first kappa shape index (κ1) is 14.9. The van der Waals surface area contributed by atoms with Crippen molar-refractivity contribution in [3.63, 3.8) is 0 Å². The molecule has 0 bridgehead atoms. The topological polar surface area (TPSA) is 80.5 Å². The lowest BCUT2D eigenvalue weighted by Crippen LogP contribution is -2.52. The molecule has 0 aliphatic carbocycles. The summed E-state index contributed by atoms with van der Waals surface area (Å²) in [7, 11) is 1.59. The van der Waals surface area contributed by atoms with E-state index >= 15 is 0 Å². The molecular weight excluding hydrogens is 260 g/mol. The largest absolute Gasteiger partial charge is 0.374 e. The van der Waals surface area contributed by atoms with Crippen molar-refractivity contribution in [1.82, 2.24) is 20.4 Å². The first-order chi connectivity index (χ1) is 9.61. The zero-order chi connectivity index (χ0) is 14.5. The summed E-state index contributed by atoms with van der Waals surface area (Å²) < 4.78 is 10.2. The predicted octanol–water partition coefficient (Wildman–Crippen LogP) is 0.530. The third-order valence-corrected chi connectivity index (χ3v) is 3.58. The summed E-state index contributed by atoms with van der Waals surface area (Å²) in [5.41, 5.74) is 0. The molecule has 2 atom stereocenters. The van der Waals surface area contributed by atoms with Gasteiger partial charge >= 0.3 is 0 Å². The number of aryl methyl sites for hydroxylation is 1. The lowest BCUT2D eigenvalue weighted by molar-refractivity contribution is -0.134. The van der Waals surface area contributed by atoms with Gasteiger partial charge in [-0.1, -0.05) is 5.16 Å². The van der Waals surface area contributed by atoms with Gasteiger partial charge in [-0.2, -0.15) is 4.98 Å². The molecule has 20 heavy (non-hydrogen) atoms. The second-order valence-corrected chi connectivity index (χ2v) is 5.06. The van der Waals surface area contributed by atoms with Crippen molar-refractivity contribution >= 4 is 5.91 Å². The Kier molecular flexibility index (Phi) is 5.08. The normalized spacial score (nSPS) is 20.9. The average molecular weight is 282 g/mol. The molecule has 1 unspecified atom stereocenters. The summed E-state index contributed by atoms with van der Waals surface area (Å²) in [6, 6.07) is 0.239. The van der Waals surface area contributed by atoms with Crippen LogP contribution in [0.2, 0.25) is 0 Å². The molecule has 1 N–H and O–H groups in total. The molecule has 1 aliphatic heterocycles. The standard InChI is InChI=1S/C13H22N4O3/c1-9-8-14-6-7-17(9)12(18)5-4-11-15-13(16-20-11)10(2)19-3/h9-10,14H,4-8H2,1-3H3/t9-,10?/m1/s1. The maximum absolute atomic E-state index is 12.2. The van der Waals surface area contributed by atoms with E-state index in [0.29, 0.717) is 24.6 Å². The number of carbonyl (C=O) groups is 1. The summed E-state index contributed by atoms with van der Waals surface area (Å²) in [6.45, 7) is 6.36. The number of ether oxygens (including phenoxy) is 1. The third-order valence-electron chi connectivity index (χ3n) is 3.58. The van der Waals surface area contributed by atoms with Gasteiger partial charge in [-0.15, -0.1) is 0 Å². The number of nitrogens with one attached hydrogen (secondary N) is 1. The van der Waals surface area contributed by atoms with Crippen molar-refractivity contribution in [2.24, 2.45) is 0 Å². The molecule has 1 aliphatic rings. The minimum Gasteiger partial charge on any atom is -0.374 e. The van der Waals surface area contributed by atoms with Gasteiger partial charge in [-0.3, -0.25) is 4.79 Å². The maximum Gasteiger partial charge on any atom is 0.227 e. The zero-order valence-corrected chi connectivity index (χ0v) is 12.3. The Bertz CT molecular complexity index is 449. The maximum atomic E-state index is 12.2. The number of carbonyl (C=O) groups excluding carboxylic acids is 1. The van der Waals surface area contributed by atoms with Gasteiger partial charge in [0.1, 0.15) is 6.10 Å². The van der Waals surface area contributed by atoms with E-state index in [0.717, 1.165) is 19.6 Å². The molecule has 0 aromatic carbocycles. The molecular formula is C13H22N4O3.